The van der Waals surface area contributed by atoms with Crippen molar-refractivity contribution in [3.8, 4) is 10.6 Å². The number of hydrogen-bond acceptors (Lipinski definition) is 3. The lowest BCUT2D eigenvalue weighted by atomic mass is 10.2. The number of rotatable bonds is 3. The molecule has 0 unspecified atom stereocenters. The Morgan fingerprint density at radius 1 is 1.47 bits per heavy atom. The molecule has 1 heterocycles. The Balaban J connectivity index is 2.42. The van der Waals surface area contributed by atoms with Crippen LogP contribution in [0.5, 0.6) is 0 Å². The predicted molar refractivity (Wildman–Crippen MR) is 72.7 cm³/mol. The number of aryl methyl sites for hydroxylation is 1. The van der Waals surface area contributed by atoms with Gasteiger partial charge in [0.2, 0.25) is 0 Å². The third kappa shape index (κ3) is 2.73. The number of thiazole rings is 1. The third-order valence-corrected chi connectivity index (χ3v) is 4.24. The van der Waals surface area contributed by atoms with Crippen molar-refractivity contribution < 1.29 is 4.39 Å². The zero-order valence-corrected chi connectivity index (χ0v) is 12.0. The van der Waals surface area contributed by atoms with Crippen molar-refractivity contribution in [2.24, 2.45) is 0 Å². The number of hydrogen-bond donors (Lipinski definition) is 1. The number of aromatic nitrogens is 1. The highest BCUT2D eigenvalue weighted by Gasteiger charge is 2.11. The van der Waals surface area contributed by atoms with E-state index in [0.29, 0.717) is 0 Å². The van der Waals surface area contributed by atoms with E-state index in [0.717, 1.165) is 27.3 Å². The molecule has 0 atom stereocenters. The Morgan fingerprint density at radius 3 is 2.88 bits per heavy atom. The van der Waals surface area contributed by atoms with Gasteiger partial charge in [-0.3, -0.25) is 0 Å². The van der Waals surface area contributed by atoms with Gasteiger partial charge in [0.25, 0.3) is 0 Å². The maximum atomic E-state index is 13.0. The van der Waals surface area contributed by atoms with Crippen LogP contribution in [-0.2, 0) is 6.54 Å². The molecular weight excluding hydrogens is 303 g/mol. The molecule has 2 nitrogen and oxygen atoms in total. The van der Waals surface area contributed by atoms with Crippen LogP contribution in [0.25, 0.3) is 10.6 Å². The van der Waals surface area contributed by atoms with Crippen molar-refractivity contribution in [3.05, 3.63) is 39.1 Å². The van der Waals surface area contributed by atoms with E-state index in [4.69, 9.17) is 0 Å². The summed E-state index contributed by atoms with van der Waals surface area (Å²) in [5.74, 6) is -0.246. The van der Waals surface area contributed by atoms with E-state index < -0.39 is 0 Å². The molecule has 17 heavy (non-hydrogen) atoms. The lowest BCUT2D eigenvalue weighted by molar-refractivity contribution is 0.627. The lowest BCUT2D eigenvalue weighted by Crippen LogP contribution is -2.04. The minimum atomic E-state index is -0.246. The van der Waals surface area contributed by atoms with Gasteiger partial charge in [-0.05, 0) is 48.1 Å². The summed E-state index contributed by atoms with van der Waals surface area (Å²) in [4.78, 5) is 5.72. The van der Waals surface area contributed by atoms with Crippen LogP contribution in [-0.4, -0.2) is 12.0 Å². The van der Waals surface area contributed by atoms with E-state index in [1.807, 2.05) is 14.0 Å². The molecule has 2 aromatic rings. The summed E-state index contributed by atoms with van der Waals surface area (Å²) < 4.78 is 13.7. The number of halogens is 2. The lowest BCUT2D eigenvalue weighted by Gasteiger charge is -1.99. The number of nitrogens with zero attached hydrogens (tertiary/aromatic N) is 1. The number of benzene rings is 1. The largest absolute Gasteiger partial charge is 0.315 e. The first-order valence-electron chi connectivity index (χ1n) is 5.18. The van der Waals surface area contributed by atoms with Gasteiger partial charge in [0.05, 0.1) is 5.69 Å². The highest BCUT2D eigenvalue weighted by Crippen LogP contribution is 2.33. The molecule has 0 aliphatic rings. The van der Waals surface area contributed by atoms with Crippen molar-refractivity contribution in [2.45, 2.75) is 13.5 Å². The maximum Gasteiger partial charge on any atom is 0.125 e. The van der Waals surface area contributed by atoms with E-state index >= 15 is 0 Å². The summed E-state index contributed by atoms with van der Waals surface area (Å²) in [6.07, 6.45) is 0. The molecule has 0 spiro atoms. The summed E-state index contributed by atoms with van der Waals surface area (Å²) in [6, 6.07) is 4.67. The summed E-state index contributed by atoms with van der Waals surface area (Å²) >= 11 is 5.00. The van der Waals surface area contributed by atoms with E-state index in [9.17, 15) is 4.39 Å². The molecule has 0 saturated carbocycles. The third-order valence-electron chi connectivity index (χ3n) is 2.39. The Hall–Kier alpha value is -0.780. The van der Waals surface area contributed by atoms with Gasteiger partial charge in [-0.25, -0.2) is 9.37 Å². The minimum Gasteiger partial charge on any atom is -0.315 e. The second-order valence-corrected chi connectivity index (χ2v) is 5.62. The first-order chi connectivity index (χ1) is 8.11. The molecule has 0 fully saturated rings. The fraction of sp³-hybridized carbons (Fsp3) is 0.250. The molecule has 1 aromatic carbocycles. The standard InChI is InChI=1S/C12H12BrFN2S/c1-7-11(6-15-2)17-12(16-7)9-4-3-8(14)5-10(9)13/h3-5,15H,6H2,1-2H3. The fourth-order valence-corrected chi connectivity index (χ4v) is 3.31. The molecule has 0 radical (unpaired) electrons. The SMILES string of the molecule is CNCc1sc(-c2ccc(F)cc2Br)nc1C. The molecule has 0 aliphatic heterocycles. The van der Waals surface area contributed by atoms with Crippen molar-refractivity contribution in [1.82, 2.24) is 10.3 Å². The van der Waals surface area contributed by atoms with Crippen LogP contribution in [0.1, 0.15) is 10.6 Å². The molecule has 0 amide bonds. The Labute approximate surface area is 112 Å². The second-order valence-electron chi connectivity index (χ2n) is 3.68. The van der Waals surface area contributed by atoms with E-state index in [2.05, 4.69) is 26.2 Å². The van der Waals surface area contributed by atoms with Gasteiger partial charge in [0.1, 0.15) is 10.8 Å². The monoisotopic (exact) mass is 314 g/mol. The summed E-state index contributed by atoms with van der Waals surface area (Å²) in [6.45, 7) is 2.80. The van der Waals surface area contributed by atoms with Crippen molar-refractivity contribution in [2.75, 3.05) is 7.05 Å². The second kappa shape index (κ2) is 5.25. The smallest absolute Gasteiger partial charge is 0.125 e. The zero-order chi connectivity index (χ0) is 12.4. The van der Waals surface area contributed by atoms with Crippen molar-refractivity contribution in [1.29, 1.82) is 0 Å². The predicted octanol–water partition coefficient (Wildman–Crippen LogP) is 3.74. The Kier molecular flexibility index (Phi) is 3.91. The van der Waals surface area contributed by atoms with Crippen molar-refractivity contribution in [3.63, 3.8) is 0 Å². The minimum absolute atomic E-state index is 0.246. The first-order valence-corrected chi connectivity index (χ1v) is 6.79. The molecule has 1 N–H and O–H groups in total. The van der Waals surface area contributed by atoms with E-state index in [1.165, 1.54) is 17.0 Å². The maximum absolute atomic E-state index is 13.0. The number of nitrogens with one attached hydrogen (secondary N) is 1. The van der Waals surface area contributed by atoms with Gasteiger partial charge in [-0.1, -0.05) is 0 Å². The Bertz CT molecular complexity index is 539. The van der Waals surface area contributed by atoms with Crippen LogP contribution in [0.4, 0.5) is 4.39 Å². The van der Waals surface area contributed by atoms with Crippen LogP contribution in [0.3, 0.4) is 0 Å². The van der Waals surface area contributed by atoms with Gasteiger partial charge in [-0.2, -0.15) is 0 Å². The van der Waals surface area contributed by atoms with Gasteiger partial charge in [0, 0.05) is 21.5 Å². The van der Waals surface area contributed by atoms with Gasteiger partial charge >= 0.3 is 0 Å². The highest BCUT2D eigenvalue weighted by molar-refractivity contribution is 9.10. The van der Waals surface area contributed by atoms with Crippen LogP contribution >= 0.6 is 27.3 Å². The van der Waals surface area contributed by atoms with Crippen molar-refractivity contribution >= 4 is 27.3 Å². The average molecular weight is 315 g/mol. The molecule has 5 heteroatoms. The molecule has 0 aliphatic carbocycles. The quantitative estimate of drug-likeness (QED) is 0.933. The molecule has 0 bridgehead atoms. The summed E-state index contributed by atoms with van der Waals surface area (Å²) in [7, 11) is 1.91. The normalized spacial score (nSPS) is 10.8. The van der Waals surface area contributed by atoms with Gasteiger partial charge in [0.15, 0.2) is 0 Å². The van der Waals surface area contributed by atoms with Gasteiger partial charge < -0.3 is 5.32 Å². The van der Waals surface area contributed by atoms with Crippen LogP contribution < -0.4 is 5.32 Å². The summed E-state index contributed by atoms with van der Waals surface area (Å²) in [5.41, 5.74) is 1.96. The Morgan fingerprint density at radius 2 is 2.24 bits per heavy atom. The van der Waals surface area contributed by atoms with Crippen LogP contribution in [0.15, 0.2) is 22.7 Å². The van der Waals surface area contributed by atoms with Gasteiger partial charge in [-0.15, -0.1) is 11.3 Å². The topological polar surface area (TPSA) is 24.9 Å². The molecule has 1 aromatic heterocycles. The molecule has 2 rings (SSSR count). The first kappa shape index (κ1) is 12.7. The fourth-order valence-electron chi connectivity index (χ4n) is 1.53. The highest BCUT2D eigenvalue weighted by atomic mass is 79.9. The zero-order valence-electron chi connectivity index (χ0n) is 9.55. The van der Waals surface area contributed by atoms with Crippen LogP contribution in [0, 0.1) is 12.7 Å². The van der Waals surface area contributed by atoms with E-state index in [1.54, 1.807) is 17.4 Å². The molecule has 0 saturated heterocycles. The van der Waals surface area contributed by atoms with E-state index in [-0.39, 0.29) is 5.82 Å². The van der Waals surface area contributed by atoms with Crippen LogP contribution in [0.2, 0.25) is 0 Å². The average Bonchev–Trinajstić information content (AvgIpc) is 2.60. The molecular formula is C12H12BrFN2S. The summed E-state index contributed by atoms with van der Waals surface area (Å²) in [5, 5.41) is 4.03. The molecule has 90 valence electrons.